The molecule has 2 unspecified atom stereocenters. The van der Waals surface area contributed by atoms with Crippen LogP contribution in [0.15, 0.2) is 29.2 Å². The Bertz CT molecular complexity index is 730. The maximum absolute atomic E-state index is 12.6. The normalized spacial score (nSPS) is 24.0. The summed E-state index contributed by atoms with van der Waals surface area (Å²) in [6.45, 7) is 2.95. The van der Waals surface area contributed by atoms with Crippen molar-refractivity contribution >= 4 is 15.9 Å². The summed E-state index contributed by atoms with van der Waals surface area (Å²) in [6, 6.07) is 6.85. The number of aliphatic hydroxyl groups excluding tert-OH is 1. The van der Waals surface area contributed by atoms with Gasteiger partial charge in [0, 0.05) is 45.1 Å². The molecule has 2 atom stereocenters. The summed E-state index contributed by atoms with van der Waals surface area (Å²) in [5, 5.41) is 15.7. The summed E-state index contributed by atoms with van der Waals surface area (Å²) in [5.74, 6) is 0.00680. The van der Waals surface area contributed by atoms with Crippen LogP contribution in [-0.2, 0) is 21.2 Å². The number of nitrogens with zero attached hydrogens (tertiary/aromatic N) is 1. The summed E-state index contributed by atoms with van der Waals surface area (Å²) < 4.78 is 26.8. The van der Waals surface area contributed by atoms with Gasteiger partial charge >= 0.3 is 0 Å². The largest absolute Gasteiger partial charge is 0.391 e. The number of aliphatic hydroxyl groups is 1. The molecule has 0 spiro atoms. The summed E-state index contributed by atoms with van der Waals surface area (Å²) in [4.78, 5) is 12.3. The Labute approximate surface area is 161 Å². The zero-order valence-corrected chi connectivity index (χ0v) is 16.4. The zero-order valence-electron chi connectivity index (χ0n) is 15.6. The van der Waals surface area contributed by atoms with Gasteiger partial charge < -0.3 is 15.7 Å². The summed E-state index contributed by atoms with van der Waals surface area (Å²) in [7, 11) is -3.41. The minimum atomic E-state index is -3.41. The maximum Gasteiger partial charge on any atom is 0.243 e. The van der Waals surface area contributed by atoms with Crippen LogP contribution in [0.4, 0.5) is 0 Å². The third kappa shape index (κ3) is 5.28. The Balaban J connectivity index is 1.48. The second-order valence-electron chi connectivity index (χ2n) is 7.40. The van der Waals surface area contributed by atoms with Crippen molar-refractivity contribution in [1.29, 1.82) is 0 Å². The quantitative estimate of drug-likeness (QED) is 0.624. The fourth-order valence-electron chi connectivity index (χ4n) is 3.60. The van der Waals surface area contributed by atoms with E-state index < -0.39 is 16.1 Å². The van der Waals surface area contributed by atoms with Crippen molar-refractivity contribution in [3.05, 3.63) is 29.8 Å². The van der Waals surface area contributed by atoms with Crippen LogP contribution in [0.1, 0.15) is 31.2 Å². The van der Waals surface area contributed by atoms with E-state index in [1.807, 2.05) is 0 Å². The van der Waals surface area contributed by atoms with Gasteiger partial charge in [0.1, 0.15) is 0 Å². The van der Waals surface area contributed by atoms with E-state index in [1.54, 1.807) is 28.6 Å². The number of aryl methyl sites for hydroxylation is 1. The van der Waals surface area contributed by atoms with Gasteiger partial charge in [0.2, 0.25) is 15.9 Å². The number of carbonyl (C=O) groups excluding carboxylic acids is 1. The number of rotatable bonds is 7. The standard InChI is InChI=1S/C19H29N3O4S/c23-18-14-20-12-16(18)13-21-19(24)9-6-15-4-7-17(8-5-15)27(25,26)22-10-2-1-3-11-22/h4-5,7-8,16,18,20,23H,1-3,6,9-14H2,(H,21,24). The van der Waals surface area contributed by atoms with Gasteiger partial charge in [-0.05, 0) is 37.0 Å². The van der Waals surface area contributed by atoms with Crippen LogP contribution < -0.4 is 10.6 Å². The van der Waals surface area contributed by atoms with Crippen molar-refractivity contribution in [2.45, 2.75) is 43.1 Å². The SMILES string of the molecule is O=C(CCc1ccc(S(=O)(=O)N2CCCCC2)cc1)NCC1CNCC1O. The van der Waals surface area contributed by atoms with Crippen molar-refractivity contribution < 1.29 is 18.3 Å². The second-order valence-corrected chi connectivity index (χ2v) is 9.34. The molecular weight excluding hydrogens is 366 g/mol. The minimum Gasteiger partial charge on any atom is -0.391 e. The van der Waals surface area contributed by atoms with Crippen LogP contribution in [0.2, 0.25) is 0 Å². The number of amides is 1. The smallest absolute Gasteiger partial charge is 0.243 e. The lowest BCUT2D eigenvalue weighted by molar-refractivity contribution is -0.121. The predicted octanol–water partition coefficient (Wildman–Crippen LogP) is 0.490. The van der Waals surface area contributed by atoms with Gasteiger partial charge in [-0.3, -0.25) is 4.79 Å². The lowest BCUT2D eigenvalue weighted by atomic mass is 10.1. The number of piperidine rings is 1. The first-order valence-corrected chi connectivity index (χ1v) is 11.2. The highest BCUT2D eigenvalue weighted by molar-refractivity contribution is 7.89. The van der Waals surface area contributed by atoms with Gasteiger partial charge in [0.05, 0.1) is 11.0 Å². The molecule has 0 aromatic heterocycles. The van der Waals surface area contributed by atoms with E-state index in [4.69, 9.17) is 0 Å². The topological polar surface area (TPSA) is 98.7 Å². The first-order valence-electron chi connectivity index (χ1n) is 9.71. The molecule has 0 bridgehead atoms. The highest BCUT2D eigenvalue weighted by Gasteiger charge is 2.26. The average Bonchev–Trinajstić information content (AvgIpc) is 3.10. The summed E-state index contributed by atoms with van der Waals surface area (Å²) >= 11 is 0. The summed E-state index contributed by atoms with van der Waals surface area (Å²) in [6.07, 6.45) is 3.42. The predicted molar refractivity (Wildman–Crippen MR) is 103 cm³/mol. The van der Waals surface area contributed by atoms with E-state index >= 15 is 0 Å². The lowest BCUT2D eigenvalue weighted by Gasteiger charge is -2.25. The highest BCUT2D eigenvalue weighted by atomic mass is 32.2. The highest BCUT2D eigenvalue weighted by Crippen LogP contribution is 2.21. The van der Waals surface area contributed by atoms with E-state index in [2.05, 4.69) is 10.6 Å². The molecule has 0 aliphatic carbocycles. The molecule has 0 radical (unpaired) electrons. The van der Waals surface area contributed by atoms with Gasteiger partial charge in [-0.1, -0.05) is 18.6 Å². The van der Waals surface area contributed by atoms with Gasteiger partial charge in [0.15, 0.2) is 0 Å². The number of β-amino-alcohol motifs (C(OH)–C–C–N with tert-alkyl or cyclic N) is 1. The number of carbonyl (C=O) groups is 1. The van der Waals surface area contributed by atoms with Crippen LogP contribution in [0, 0.1) is 5.92 Å². The van der Waals surface area contributed by atoms with Crippen molar-refractivity contribution in [3.63, 3.8) is 0 Å². The molecule has 1 aromatic rings. The molecule has 150 valence electrons. The number of sulfonamides is 1. The van der Waals surface area contributed by atoms with Crippen LogP contribution in [0.25, 0.3) is 0 Å². The Morgan fingerprint density at radius 2 is 1.85 bits per heavy atom. The lowest BCUT2D eigenvalue weighted by Crippen LogP contribution is -2.35. The van der Waals surface area contributed by atoms with Crippen molar-refractivity contribution in [1.82, 2.24) is 14.9 Å². The molecule has 2 fully saturated rings. The molecule has 3 rings (SSSR count). The monoisotopic (exact) mass is 395 g/mol. The fourth-order valence-corrected chi connectivity index (χ4v) is 5.12. The number of nitrogens with one attached hydrogen (secondary N) is 2. The minimum absolute atomic E-state index is 0.0564. The third-order valence-electron chi connectivity index (χ3n) is 5.38. The molecule has 3 N–H and O–H groups in total. The molecule has 7 nitrogen and oxygen atoms in total. The van der Waals surface area contributed by atoms with Crippen LogP contribution >= 0.6 is 0 Å². The van der Waals surface area contributed by atoms with Gasteiger partial charge in [-0.2, -0.15) is 4.31 Å². The number of benzene rings is 1. The third-order valence-corrected chi connectivity index (χ3v) is 7.30. The number of hydrogen-bond acceptors (Lipinski definition) is 5. The molecule has 2 saturated heterocycles. The van der Waals surface area contributed by atoms with Crippen LogP contribution in [0.5, 0.6) is 0 Å². The van der Waals surface area contributed by atoms with Crippen molar-refractivity contribution in [2.24, 2.45) is 5.92 Å². The maximum atomic E-state index is 12.6. The fraction of sp³-hybridized carbons (Fsp3) is 0.632. The molecule has 2 heterocycles. The van der Waals surface area contributed by atoms with Gasteiger partial charge in [-0.15, -0.1) is 0 Å². The van der Waals surface area contributed by atoms with E-state index in [0.29, 0.717) is 50.5 Å². The Hall–Kier alpha value is -1.48. The Morgan fingerprint density at radius 1 is 1.15 bits per heavy atom. The van der Waals surface area contributed by atoms with Gasteiger partial charge in [0.25, 0.3) is 0 Å². The molecule has 2 aliphatic heterocycles. The van der Waals surface area contributed by atoms with E-state index in [0.717, 1.165) is 24.8 Å². The van der Waals surface area contributed by atoms with E-state index in [1.165, 1.54) is 0 Å². The zero-order chi connectivity index (χ0) is 19.3. The van der Waals surface area contributed by atoms with Crippen molar-refractivity contribution in [3.8, 4) is 0 Å². The first-order chi connectivity index (χ1) is 13.0. The molecule has 0 saturated carbocycles. The Morgan fingerprint density at radius 3 is 2.48 bits per heavy atom. The Kier molecular flexibility index (Phi) is 6.86. The second kappa shape index (κ2) is 9.14. The molecule has 27 heavy (non-hydrogen) atoms. The molecule has 2 aliphatic rings. The van der Waals surface area contributed by atoms with Gasteiger partial charge in [-0.25, -0.2) is 8.42 Å². The molecule has 1 amide bonds. The van der Waals surface area contributed by atoms with E-state index in [-0.39, 0.29) is 11.8 Å². The average molecular weight is 396 g/mol. The van der Waals surface area contributed by atoms with Crippen LogP contribution in [-0.4, -0.2) is 62.6 Å². The molecule has 8 heteroatoms. The summed E-state index contributed by atoms with van der Waals surface area (Å²) in [5.41, 5.74) is 0.935. The first kappa shape index (κ1) is 20.3. The van der Waals surface area contributed by atoms with Crippen LogP contribution in [0.3, 0.4) is 0 Å². The van der Waals surface area contributed by atoms with Crippen molar-refractivity contribution in [2.75, 3.05) is 32.7 Å². The van der Waals surface area contributed by atoms with E-state index in [9.17, 15) is 18.3 Å². The number of hydrogen-bond donors (Lipinski definition) is 3. The molecular formula is C19H29N3O4S. The molecule has 1 aromatic carbocycles.